The zero-order chi connectivity index (χ0) is 20.4. The molecule has 0 unspecified atom stereocenters. The van der Waals surface area contributed by atoms with Crippen LogP contribution in [0.5, 0.6) is 0 Å². The van der Waals surface area contributed by atoms with Crippen molar-refractivity contribution in [2.24, 2.45) is 4.99 Å². The van der Waals surface area contributed by atoms with Gasteiger partial charge in [0.15, 0.2) is 5.17 Å². The van der Waals surface area contributed by atoms with Crippen LogP contribution in [0.1, 0.15) is 5.56 Å². The van der Waals surface area contributed by atoms with Gasteiger partial charge in [0, 0.05) is 9.86 Å². The molecule has 0 saturated carbocycles. The minimum absolute atomic E-state index is 0.0602. The molecule has 0 atom stereocenters. The molecular formula is C21H15BrN2O3S2. The molecule has 3 aromatic rings. The minimum Gasteiger partial charge on any atom is -0.266 e. The maximum Gasteiger partial charge on any atom is 0.285 e. The molecule has 0 aromatic heterocycles. The number of amides is 1. The quantitative estimate of drug-likeness (QED) is 0.545. The summed E-state index contributed by atoms with van der Waals surface area (Å²) in [5.74, 6) is -0.442. The van der Waals surface area contributed by atoms with Crippen molar-refractivity contribution < 1.29 is 13.2 Å². The van der Waals surface area contributed by atoms with E-state index in [9.17, 15) is 13.2 Å². The summed E-state index contributed by atoms with van der Waals surface area (Å²) in [6.45, 7) is 0. The van der Waals surface area contributed by atoms with Crippen molar-refractivity contribution in [2.45, 2.75) is 11.3 Å². The van der Waals surface area contributed by atoms with E-state index >= 15 is 0 Å². The predicted molar refractivity (Wildman–Crippen MR) is 120 cm³/mol. The second-order valence-corrected chi connectivity index (χ2v) is 9.90. The van der Waals surface area contributed by atoms with Crippen LogP contribution in [0, 0.1) is 0 Å². The van der Waals surface area contributed by atoms with Crippen molar-refractivity contribution in [3.63, 3.8) is 0 Å². The molecule has 1 N–H and O–H groups in total. The summed E-state index contributed by atoms with van der Waals surface area (Å²) in [6, 6.07) is 20.1. The average Bonchev–Trinajstić information content (AvgIpc) is 3.05. The van der Waals surface area contributed by atoms with E-state index in [1.165, 1.54) is 6.07 Å². The van der Waals surface area contributed by atoms with Crippen LogP contribution in [0.3, 0.4) is 0 Å². The van der Waals surface area contributed by atoms with E-state index in [1.54, 1.807) is 24.3 Å². The first-order valence-electron chi connectivity index (χ1n) is 8.68. The van der Waals surface area contributed by atoms with Gasteiger partial charge in [0.25, 0.3) is 15.9 Å². The summed E-state index contributed by atoms with van der Waals surface area (Å²) in [6.07, 6.45) is 2.32. The molecule has 1 amide bonds. The lowest BCUT2D eigenvalue weighted by molar-refractivity contribution is -0.113. The smallest absolute Gasteiger partial charge is 0.266 e. The van der Waals surface area contributed by atoms with Gasteiger partial charge in [-0.3, -0.25) is 9.52 Å². The van der Waals surface area contributed by atoms with Gasteiger partial charge in [-0.2, -0.15) is 4.99 Å². The molecule has 0 fully saturated rings. The molecule has 1 heterocycles. The van der Waals surface area contributed by atoms with Gasteiger partial charge < -0.3 is 0 Å². The standard InChI is InChI=1S/C21H15BrN2O3S2/c22-16-11-8-14(9-12-16)10-13-18-20(25)23-21(28-18)24-29(26,27)19-7-3-5-15-4-1-2-6-17(15)19/h1-9,11-13H,10H2,(H,23,24,25). The summed E-state index contributed by atoms with van der Waals surface area (Å²) in [5, 5.41) is 1.50. The molecule has 3 aromatic carbocycles. The highest BCUT2D eigenvalue weighted by Crippen LogP contribution is 2.28. The average molecular weight is 487 g/mol. The van der Waals surface area contributed by atoms with Crippen LogP contribution >= 0.6 is 27.7 Å². The highest BCUT2D eigenvalue weighted by molar-refractivity contribution is 9.10. The topological polar surface area (TPSA) is 75.6 Å². The van der Waals surface area contributed by atoms with E-state index in [2.05, 4.69) is 25.6 Å². The van der Waals surface area contributed by atoms with E-state index in [-0.39, 0.29) is 10.1 Å². The SMILES string of the molecule is O=C1N=C(NS(=O)(=O)c2cccc3ccccc23)SC1=CCc1ccc(Br)cc1. The van der Waals surface area contributed by atoms with Gasteiger partial charge in [-0.05, 0) is 47.3 Å². The van der Waals surface area contributed by atoms with Gasteiger partial charge >= 0.3 is 0 Å². The molecule has 146 valence electrons. The maximum atomic E-state index is 12.9. The van der Waals surface area contributed by atoms with E-state index in [0.29, 0.717) is 16.7 Å². The first-order valence-corrected chi connectivity index (χ1v) is 11.8. The number of carbonyl (C=O) groups is 1. The van der Waals surface area contributed by atoms with E-state index in [4.69, 9.17) is 0 Å². The van der Waals surface area contributed by atoms with Crippen LogP contribution in [-0.2, 0) is 21.2 Å². The van der Waals surface area contributed by atoms with Crippen molar-refractivity contribution in [1.29, 1.82) is 0 Å². The molecule has 4 rings (SSSR count). The molecule has 29 heavy (non-hydrogen) atoms. The number of benzene rings is 3. The molecule has 0 bridgehead atoms. The number of sulfonamides is 1. The van der Waals surface area contributed by atoms with Gasteiger partial charge in [0.1, 0.15) is 0 Å². The highest BCUT2D eigenvalue weighted by atomic mass is 79.9. The number of nitrogens with zero attached hydrogens (tertiary/aromatic N) is 1. The fourth-order valence-corrected chi connectivity index (χ4v) is 5.44. The Morgan fingerprint density at radius 3 is 2.52 bits per heavy atom. The monoisotopic (exact) mass is 486 g/mol. The highest BCUT2D eigenvalue weighted by Gasteiger charge is 2.26. The third-order valence-electron chi connectivity index (χ3n) is 4.32. The Morgan fingerprint density at radius 1 is 1.00 bits per heavy atom. The first kappa shape index (κ1) is 19.9. The number of nitrogens with one attached hydrogen (secondary N) is 1. The minimum atomic E-state index is -3.88. The lowest BCUT2D eigenvalue weighted by Gasteiger charge is -2.09. The zero-order valence-electron chi connectivity index (χ0n) is 15.0. The van der Waals surface area contributed by atoms with Gasteiger partial charge in [-0.1, -0.05) is 70.5 Å². The van der Waals surface area contributed by atoms with Crippen molar-refractivity contribution in [2.75, 3.05) is 0 Å². The summed E-state index contributed by atoms with van der Waals surface area (Å²) in [4.78, 5) is 16.6. The molecule has 1 aliphatic rings. The zero-order valence-corrected chi connectivity index (χ0v) is 18.2. The number of thioether (sulfide) groups is 1. The largest absolute Gasteiger partial charge is 0.285 e. The van der Waals surface area contributed by atoms with E-state index in [1.807, 2.05) is 42.5 Å². The molecule has 0 radical (unpaired) electrons. The molecule has 0 saturated heterocycles. The fourth-order valence-electron chi connectivity index (χ4n) is 2.92. The summed E-state index contributed by atoms with van der Waals surface area (Å²) in [5.41, 5.74) is 1.04. The lowest BCUT2D eigenvalue weighted by atomic mass is 10.1. The van der Waals surface area contributed by atoms with Crippen LogP contribution in [0.25, 0.3) is 10.8 Å². The number of hydrogen-bond acceptors (Lipinski definition) is 4. The number of aliphatic imine (C=N–C) groups is 1. The molecule has 0 spiro atoms. The van der Waals surface area contributed by atoms with Crippen molar-refractivity contribution >= 4 is 59.6 Å². The normalized spacial score (nSPS) is 15.7. The molecule has 8 heteroatoms. The Kier molecular flexibility index (Phi) is 5.58. The van der Waals surface area contributed by atoms with Crippen molar-refractivity contribution in [1.82, 2.24) is 4.72 Å². The third kappa shape index (κ3) is 4.44. The Hall–Kier alpha value is -2.42. The lowest BCUT2D eigenvalue weighted by Crippen LogP contribution is -2.27. The number of rotatable bonds is 4. The van der Waals surface area contributed by atoms with E-state index < -0.39 is 15.9 Å². The van der Waals surface area contributed by atoms with Crippen molar-refractivity contribution in [3.8, 4) is 0 Å². The Balaban J connectivity index is 1.52. The fraction of sp³-hybridized carbons (Fsp3) is 0.0476. The van der Waals surface area contributed by atoms with Gasteiger partial charge in [0.2, 0.25) is 0 Å². The molecule has 0 aliphatic carbocycles. The number of hydrogen-bond donors (Lipinski definition) is 1. The maximum absolute atomic E-state index is 12.9. The number of halogens is 1. The predicted octanol–water partition coefficient (Wildman–Crippen LogP) is 4.64. The summed E-state index contributed by atoms with van der Waals surface area (Å²) in [7, 11) is -3.88. The van der Waals surface area contributed by atoms with Gasteiger partial charge in [0.05, 0.1) is 9.80 Å². The second kappa shape index (κ2) is 8.14. The Morgan fingerprint density at radius 2 is 1.72 bits per heavy atom. The van der Waals surface area contributed by atoms with Crippen LogP contribution in [0.15, 0.2) is 92.1 Å². The third-order valence-corrected chi connectivity index (χ3v) is 7.32. The van der Waals surface area contributed by atoms with Gasteiger partial charge in [-0.25, -0.2) is 8.42 Å². The Labute approximate surface area is 181 Å². The first-order chi connectivity index (χ1) is 13.9. The van der Waals surface area contributed by atoms with E-state index in [0.717, 1.165) is 27.2 Å². The van der Waals surface area contributed by atoms with Gasteiger partial charge in [-0.15, -0.1) is 0 Å². The second-order valence-electron chi connectivity index (χ2n) is 6.31. The number of carbonyl (C=O) groups excluding carboxylic acids is 1. The Bertz CT molecular complexity index is 1260. The van der Waals surface area contributed by atoms with Crippen LogP contribution in [0.4, 0.5) is 0 Å². The van der Waals surface area contributed by atoms with Crippen molar-refractivity contribution in [3.05, 3.63) is 87.7 Å². The van der Waals surface area contributed by atoms with Crippen LogP contribution < -0.4 is 4.72 Å². The molecule has 1 aliphatic heterocycles. The van der Waals surface area contributed by atoms with Crippen LogP contribution in [0.2, 0.25) is 0 Å². The molecule has 5 nitrogen and oxygen atoms in total. The summed E-state index contributed by atoms with van der Waals surface area (Å²) >= 11 is 4.42. The number of fused-ring (bicyclic) bond motifs is 1. The van der Waals surface area contributed by atoms with Crippen LogP contribution in [-0.4, -0.2) is 19.5 Å². The molecular weight excluding hydrogens is 472 g/mol. The summed E-state index contributed by atoms with van der Waals surface area (Å²) < 4.78 is 29.2. The number of amidine groups is 1. The number of allylic oxidation sites excluding steroid dienone is 1.